The summed E-state index contributed by atoms with van der Waals surface area (Å²) in [6.07, 6.45) is 1.11. The number of nitrogens with zero attached hydrogens (tertiary/aromatic N) is 1. The molecule has 2 atom stereocenters. The van der Waals surface area contributed by atoms with Crippen LogP contribution in [0.15, 0.2) is 22.6 Å². The van der Waals surface area contributed by atoms with Crippen molar-refractivity contribution >= 4 is 23.1 Å². The molecule has 1 aliphatic carbocycles. The number of methoxy groups -OCH3 is 1. The molecule has 0 amide bonds. The SMILES string of the molecule is COC1CC(Nc2nc3ccc(C(=O)O)cc3o2)C1(C)C. The van der Waals surface area contributed by atoms with E-state index in [2.05, 4.69) is 24.1 Å². The fourth-order valence-electron chi connectivity index (χ4n) is 2.80. The molecule has 1 fully saturated rings. The van der Waals surface area contributed by atoms with Crippen LogP contribution < -0.4 is 5.32 Å². The fraction of sp³-hybridized carbons (Fsp3) is 0.467. The van der Waals surface area contributed by atoms with Gasteiger partial charge in [-0.15, -0.1) is 0 Å². The van der Waals surface area contributed by atoms with Gasteiger partial charge in [0.05, 0.1) is 11.7 Å². The molecule has 3 rings (SSSR count). The van der Waals surface area contributed by atoms with E-state index in [1.807, 2.05) is 0 Å². The number of carboxylic acids is 1. The molecule has 0 spiro atoms. The Bertz CT molecular complexity index is 692. The van der Waals surface area contributed by atoms with Gasteiger partial charge in [0.15, 0.2) is 5.58 Å². The number of aromatic carboxylic acids is 1. The highest BCUT2D eigenvalue weighted by Gasteiger charge is 2.49. The van der Waals surface area contributed by atoms with Crippen LogP contribution in [0, 0.1) is 5.41 Å². The van der Waals surface area contributed by atoms with Crippen molar-refractivity contribution in [2.75, 3.05) is 12.4 Å². The van der Waals surface area contributed by atoms with Gasteiger partial charge in [0.1, 0.15) is 5.52 Å². The lowest BCUT2D eigenvalue weighted by atomic mass is 9.64. The van der Waals surface area contributed by atoms with Crippen molar-refractivity contribution in [3.63, 3.8) is 0 Å². The molecular weight excluding hydrogens is 272 g/mol. The first-order valence-electron chi connectivity index (χ1n) is 6.85. The molecule has 1 saturated carbocycles. The van der Waals surface area contributed by atoms with Crippen LogP contribution in [-0.2, 0) is 4.74 Å². The molecular formula is C15H18N2O4. The number of fused-ring (bicyclic) bond motifs is 1. The van der Waals surface area contributed by atoms with Crippen molar-refractivity contribution < 1.29 is 19.1 Å². The van der Waals surface area contributed by atoms with Crippen LogP contribution in [0.25, 0.3) is 11.1 Å². The molecule has 2 aromatic rings. The Morgan fingerprint density at radius 3 is 2.90 bits per heavy atom. The molecule has 2 N–H and O–H groups in total. The summed E-state index contributed by atoms with van der Waals surface area (Å²) in [5, 5.41) is 12.2. The van der Waals surface area contributed by atoms with Crippen molar-refractivity contribution in [1.29, 1.82) is 0 Å². The van der Waals surface area contributed by atoms with Gasteiger partial charge in [-0.3, -0.25) is 0 Å². The smallest absolute Gasteiger partial charge is 0.335 e. The molecule has 21 heavy (non-hydrogen) atoms. The van der Waals surface area contributed by atoms with Crippen molar-refractivity contribution in [2.45, 2.75) is 32.4 Å². The lowest BCUT2D eigenvalue weighted by molar-refractivity contribution is -0.0799. The van der Waals surface area contributed by atoms with Gasteiger partial charge in [-0.05, 0) is 24.6 Å². The maximum Gasteiger partial charge on any atom is 0.335 e. The van der Waals surface area contributed by atoms with Crippen LogP contribution >= 0.6 is 0 Å². The van der Waals surface area contributed by atoms with E-state index in [0.717, 1.165) is 6.42 Å². The minimum Gasteiger partial charge on any atom is -0.478 e. The van der Waals surface area contributed by atoms with Gasteiger partial charge in [-0.2, -0.15) is 4.98 Å². The van der Waals surface area contributed by atoms with Gasteiger partial charge in [0.25, 0.3) is 6.01 Å². The molecule has 1 aliphatic rings. The zero-order valence-corrected chi connectivity index (χ0v) is 12.2. The predicted molar refractivity (Wildman–Crippen MR) is 77.6 cm³/mol. The lowest BCUT2D eigenvalue weighted by Crippen LogP contribution is -2.57. The van der Waals surface area contributed by atoms with E-state index in [4.69, 9.17) is 14.3 Å². The van der Waals surface area contributed by atoms with Crippen molar-refractivity contribution in [1.82, 2.24) is 4.98 Å². The van der Waals surface area contributed by atoms with Crippen LogP contribution in [0.3, 0.4) is 0 Å². The molecule has 0 saturated heterocycles. The molecule has 0 radical (unpaired) electrons. The van der Waals surface area contributed by atoms with E-state index < -0.39 is 5.97 Å². The number of hydrogen-bond acceptors (Lipinski definition) is 5. The van der Waals surface area contributed by atoms with Gasteiger partial charge >= 0.3 is 5.97 Å². The van der Waals surface area contributed by atoms with Gasteiger partial charge in [-0.1, -0.05) is 13.8 Å². The minimum absolute atomic E-state index is 0.00162. The third kappa shape index (κ3) is 2.25. The number of carboxylic acid groups (broad SMARTS) is 1. The first kappa shape index (κ1) is 13.9. The molecule has 1 heterocycles. The largest absolute Gasteiger partial charge is 0.478 e. The van der Waals surface area contributed by atoms with E-state index in [0.29, 0.717) is 17.1 Å². The quantitative estimate of drug-likeness (QED) is 0.900. The van der Waals surface area contributed by atoms with Gasteiger partial charge in [0.2, 0.25) is 0 Å². The minimum atomic E-state index is -0.981. The molecule has 6 nitrogen and oxygen atoms in total. The van der Waals surface area contributed by atoms with Crippen LogP contribution in [0.5, 0.6) is 0 Å². The molecule has 6 heteroatoms. The number of rotatable bonds is 4. The summed E-state index contributed by atoms with van der Waals surface area (Å²) in [5.41, 5.74) is 1.30. The average molecular weight is 290 g/mol. The fourth-order valence-corrected chi connectivity index (χ4v) is 2.80. The molecule has 1 aromatic carbocycles. The number of aromatic nitrogens is 1. The normalized spacial score (nSPS) is 23.8. The number of nitrogens with one attached hydrogen (secondary N) is 1. The lowest BCUT2D eigenvalue weighted by Gasteiger charge is -2.50. The summed E-state index contributed by atoms with van der Waals surface area (Å²) in [7, 11) is 1.72. The van der Waals surface area contributed by atoms with Gasteiger partial charge in [0, 0.05) is 18.6 Å². The van der Waals surface area contributed by atoms with Crippen LogP contribution in [0.1, 0.15) is 30.6 Å². The number of hydrogen-bond donors (Lipinski definition) is 2. The molecule has 112 valence electrons. The summed E-state index contributed by atoms with van der Waals surface area (Å²) >= 11 is 0. The Morgan fingerprint density at radius 1 is 1.52 bits per heavy atom. The average Bonchev–Trinajstić information content (AvgIpc) is 2.84. The highest BCUT2D eigenvalue weighted by molar-refractivity contribution is 5.92. The number of anilines is 1. The summed E-state index contributed by atoms with van der Waals surface area (Å²) < 4.78 is 11.0. The van der Waals surface area contributed by atoms with E-state index >= 15 is 0 Å². The Morgan fingerprint density at radius 2 is 2.29 bits per heavy atom. The maximum atomic E-state index is 10.9. The topological polar surface area (TPSA) is 84.6 Å². The van der Waals surface area contributed by atoms with Gasteiger partial charge < -0.3 is 19.6 Å². The highest BCUT2D eigenvalue weighted by atomic mass is 16.5. The first-order valence-corrected chi connectivity index (χ1v) is 6.85. The first-order chi connectivity index (χ1) is 9.91. The van der Waals surface area contributed by atoms with Crippen LogP contribution in [-0.4, -0.2) is 35.3 Å². The second kappa shape index (κ2) is 4.73. The van der Waals surface area contributed by atoms with Crippen LogP contribution in [0.4, 0.5) is 6.01 Å². The van der Waals surface area contributed by atoms with E-state index in [9.17, 15) is 4.79 Å². The Balaban J connectivity index is 1.81. The second-order valence-corrected chi connectivity index (χ2v) is 5.99. The third-order valence-electron chi connectivity index (χ3n) is 4.40. The molecule has 2 unspecified atom stereocenters. The van der Waals surface area contributed by atoms with Crippen molar-refractivity contribution in [3.8, 4) is 0 Å². The zero-order chi connectivity index (χ0) is 15.2. The summed E-state index contributed by atoms with van der Waals surface area (Å²) in [4.78, 5) is 15.3. The second-order valence-electron chi connectivity index (χ2n) is 5.99. The standard InChI is InChI=1S/C15H18N2O4/c1-15(2)11(7-12(15)20-3)17-14-16-9-5-4-8(13(18)19)6-10(9)21-14/h4-6,11-12H,7H2,1-3H3,(H,16,17)(H,18,19). The summed E-state index contributed by atoms with van der Waals surface area (Å²) in [5.74, 6) is -0.981. The molecule has 0 aliphatic heterocycles. The van der Waals surface area contributed by atoms with Crippen LogP contribution in [0.2, 0.25) is 0 Å². The van der Waals surface area contributed by atoms with Gasteiger partial charge in [-0.25, -0.2) is 4.79 Å². The summed E-state index contributed by atoms with van der Waals surface area (Å²) in [6.45, 7) is 4.26. The zero-order valence-electron chi connectivity index (χ0n) is 12.2. The molecule has 0 bridgehead atoms. The Kier molecular flexibility index (Phi) is 3.13. The summed E-state index contributed by atoms with van der Waals surface area (Å²) in [6, 6.07) is 5.29. The Labute approximate surface area is 122 Å². The highest BCUT2D eigenvalue weighted by Crippen LogP contribution is 2.44. The van der Waals surface area contributed by atoms with E-state index in [1.165, 1.54) is 12.1 Å². The number of ether oxygens (including phenoxy) is 1. The molecule has 1 aromatic heterocycles. The monoisotopic (exact) mass is 290 g/mol. The number of benzene rings is 1. The maximum absolute atomic E-state index is 10.9. The predicted octanol–water partition coefficient (Wildman–Crippen LogP) is 2.75. The van der Waals surface area contributed by atoms with E-state index in [1.54, 1.807) is 13.2 Å². The van der Waals surface area contributed by atoms with Crippen molar-refractivity contribution in [2.24, 2.45) is 5.41 Å². The number of oxazole rings is 1. The van der Waals surface area contributed by atoms with E-state index in [-0.39, 0.29) is 23.1 Å². The third-order valence-corrected chi connectivity index (χ3v) is 4.40. The van der Waals surface area contributed by atoms with Crippen molar-refractivity contribution in [3.05, 3.63) is 23.8 Å². The number of carbonyl (C=O) groups is 1. The Hall–Kier alpha value is -2.08.